The Kier molecular flexibility index (Phi) is 6.88. The fourth-order valence-corrected chi connectivity index (χ4v) is 1.94. The second-order valence-electron chi connectivity index (χ2n) is 5.21. The van der Waals surface area contributed by atoms with Gasteiger partial charge in [0, 0.05) is 12.6 Å². The fourth-order valence-electron chi connectivity index (χ4n) is 1.94. The number of carbonyl (C=O) groups is 2. The number of benzene rings is 1. The van der Waals surface area contributed by atoms with E-state index in [1.165, 1.54) is 0 Å². The lowest BCUT2D eigenvalue weighted by atomic mass is 10.2. The first-order valence-corrected chi connectivity index (χ1v) is 7.09. The van der Waals surface area contributed by atoms with Gasteiger partial charge in [0.15, 0.2) is 0 Å². The molecule has 116 valence electrons. The molecule has 0 aliphatic carbocycles. The van der Waals surface area contributed by atoms with Crippen LogP contribution in [-0.2, 0) is 20.9 Å². The average molecular weight is 293 g/mol. The van der Waals surface area contributed by atoms with E-state index in [1.54, 1.807) is 11.8 Å². The number of carboxylic acids is 1. The molecule has 0 aromatic heterocycles. The molecule has 0 heterocycles. The number of aliphatic carboxylic acids is 1. The maximum Gasteiger partial charge on any atom is 0.305 e. The van der Waals surface area contributed by atoms with Crippen molar-refractivity contribution in [3.63, 3.8) is 0 Å². The van der Waals surface area contributed by atoms with Gasteiger partial charge in [-0.3, -0.25) is 9.59 Å². The molecule has 0 spiro atoms. The van der Waals surface area contributed by atoms with Crippen LogP contribution in [0.15, 0.2) is 30.3 Å². The van der Waals surface area contributed by atoms with Crippen molar-refractivity contribution in [1.29, 1.82) is 0 Å². The SMILES string of the molecule is CC(OCc1ccccc1)C(=O)N(CCC(=O)O)C(C)C. The maximum absolute atomic E-state index is 12.3. The Hall–Kier alpha value is -1.88. The Balaban J connectivity index is 2.55. The van der Waals surface area contributed by atoms with Crippen LogP contribution < -0.4 is 0 Å². The van der Waals surface area contributed by atoms with Gasteiger partial charge in [-0.1, -0.05) is 30.3 Å². The fraction of sp³-hybridized carbons (Fsp3) is 0.500. The topological polar surface area (TPSA) is 66.8 Å². The highest BCUT2D eigenvalue weighted by Crippen LogP contribution is 2.09. The van der Waals surface area contributed by atoms with Crippen molar-refractivity contribution >= 4 is 11.9 Å². The molecule has 1 rings (SSSR count). The van der Waals surface area contributed by atoms with Crippen LogP contribution in [-0.4, -0.2) is 40.6 Å². The Bertz CT molecular complexity index is 459. The lowest BCUT2D eigenvalue weighted by Gasteiger charge is -2.29. The summed E-state index contributed by atoms with van der Waals surface area (Å²) in [5.74, 6) is -1.09. The van der Waals surface area contributed by atoms with Gasteiger partial charge in [-0.2, -0.15) is 0 Å². The first kappa shape index (κ1) is 17.2. The van der Waals surface area contributed by atoms with Crippen LogP contribution in [0.4, 0.5) is 0 Å². The van der Waals surface area contributed by atoms with Crippen LogP contribution in [0.2, 0.25) is 0 Å². The predicted octanol–water partition coefficient (Wildman–Crippen LogP) is 2.30. The second kappa shape index (κ2) is 8.42. The molecule has 0 aliphatic heterocycles. The minimum atomic E-state index is -0.911. The summed E-state index contributed by atoms with van der Waals surface area (Å²) in [4.78, 5) is 24.5. The van der Waals surface area contributed by atoms with Crippen LogP contribution in [0, 0.1) is 0 Å². The van der Waals surface area contributed by atoms with Gasteiger partial charge in [0.25, 0.3) is 5.91 Å². The third kappa shape index (κ3) is 5.95. The third-order valence-electron chi connectivity index (χ3n) is 3.16. The molecule has 1 aromatic carbocycles. The zero-order valence-electron chi connectivity index (χ0n) is 12.8. The van der Waals surface area contributed by atoms with Gasteiger partial charge < -0.3 is 14.7 Å². The van der Waals surface area contributed by atoms with E-state index in [4.69, 9.17) is 9.84 Å². The molecule has 1 atom stereocenters. The summed E-state index contributed by atoms with van der Waals surface area (Å²) in [6.45, 7) is 5.98. The first-order chi connectivity index (χ1) is 9.91. The molecule has 1 unspecified atom stereocenters. The quantitative estimate of drug-likeness (QED) is 0.798. The number of hydrogen-bond donors (Lipinski definition) is 1. The summed E-state index contributed by atoms with van der Waals surface area (Å²) in [7, 11) is 0. The number of amides is 1. The summed E-state index contributed by atoms with van der Waals surface area (Å²) in [6, 6.07) is 9.56. The molecule has 5 heteroatoms. The van der Waals surface area contributed by atoms with E-state index in [-0.39, 0.29) is 24.9 Å². The van der Waals surface area contributed by atoms with Crippen LogP contribution in [0.25, 0.3) is 0 Å². The Morgan fingerprint density at radius 1 is 1.19 bits per heavy atom. The van der Waals surface area contributed by atoms with Crippen LogP contribution in [0.3, 0.4) is 0 Å². The van der Waals surface area contributed by atoms with Gasteiger partial charge in [-0.05, 0) is 26.3 Å². The van der Waals surface area contributed by atoms with Crippen LogP contribution in [0.1, 0.15) is 32.8 Å². The smallest absolute Gasteiger partial charge is 0.305 e. The molecular weight excluding hydrogens is 270 g/mol. The Morgan fingerprint density at radius 2 is 1.81 bits per heavy atom. The van der Waals surface area contributed by atoms with Gasteiger partial charge in [0.2, 0.25) is 0 Å². The molecule has 5 nitrogen and oxygen atoms in total. The standard InChI is InChI=1S/C16H23NO4/c1-12(2)17(10-9-15(18)19)16(20)13(3)21-11-14-7-5-4-6-8-14/h4-8,12-13H,9-11H2,1-3H3,(H,18,19). The van der Waals surface area contributed by atoms with Crippen molar-refractivity contribution in [3.8, 4) is 0 Å². The highest BCUT2D eigenvalue weighted by Gasteiger charge is 2.23. The lowest BCUT2D eigenvalue weighted by Crippen LogP contribution is -2.44. The van der Waals surface area contributed by atoms with Gasteiger partial charge in [-0.25, -0.2) is 0 Å². The molecule has 1 amide bonds. The van der Waals surface area contributed by atoms with E-state index in [0.717, 1.165) is 5.56 Å². The van der Waals surface area contributed by atoms with E-state index >= 15 is 0 Å². The van der Waals surface area contributed by atoms with Crippen molar-refractivity contribution in [2.24, 2.45) is 0 Å². The van der Waals surface area contributed by atoms with Gasteiger partial charge in [0.05, 0.1) is 13.0 Å². The highest BCUT2D eigenvalue weighted by molar-refractivity contribution is 5.81. The molecule has 0 saturated carbocycles. The predicted molar refractivity (Wildman–Crippen MR) is 79.8 cm³/mol. The lowest BCUT2D eigenvalue weighted by molar-refractivity contribution is -0.146. The van der Waals surface area contributed by atoms with Crippen molar-refractivity contribution in [2.45, 2.75) is 45.9 Å². The molecular formula is C16H23NO4. The van der Waals surface area contributed by atoms with E-state index in [1.807, 2.05) is 44.2 Å². The summed E-state index contributed by atoms with van der Waals surface area (Å²) in [5.41, 5.74) is 0.999. The van der Waals surface area contributed by atoms with Crippen molar-refractivity contribution in [1.82, 2.24) is 4.90 Å². The summed E-state index contributed by atoms with van der Waals surface area (Å²) in [6.07, 6.45) is -0.656. The number of nitrogens with zero attached hydrogens (tertiary/aromatic N) is 1. The summed E-state index contributed by atoms with van der Waals surface area (Å²) >= 11 is 0. The number of rotatable bonds is 8. The third-order valence-corrected chi connectivity index (χ3v) is 3.16. The van der Waals surface area contributed by atoms with Crippen LogP contribution in [0.5, 0.6) is 0 Å². The number of hydrogen-bond acceptors (Lipinski definition) is 3. The van der Waals surface area contributed by atoms with Crippen LogP contribution >= 0.6 is 0 Å². The van der Waals surface area contributed by atoms with E-state index in [9.17, 15) is 9.59 Å². The zero-order chi connectivity index (χ0) is 15.8. The largest absolute Gasteiger partial charge is 0.481 e. The van der Waals surface area contributed by atoms with Crippen molar-refractivity contribution in [2.75, 3.05) is 6.54 Å². The summed E-state index contributed by atoms with van der Waals surface area (Å²) in [5, 5.41) is 8.75. The number of carboxylic acid groups (broad SMARTS) is 1. The summed E-state index contributed by atoms with van der Waals surface area (Å²) < 4.78 is 5.59. The van der Waals surface area contributed by atoms with E-state index in [0.29, 0.717) is 6.61 Å². The molecule has 0 saturated heterocycles. The van der Waals surface area contributed by atoms with Gasteiger partial charge in [-0.15, -0.1) is 0 Å². The van der Waals surface area contributed by atoms with Gasteiger partial charge in [0.1, 0.15) is 6.10 Å². The van der Waals surface area contributed by atoms with Gasteiger partial charge >= 0.3 is 5.97 Å². The minimum Gasteiger partial charge on any atom is -0.481 e. The minimum absolute atomic E-state index is 0.0559. The average Bonchev–Trinajstić information content (AvgIpc) is 2.45. The van der Waals surface area contributed by atoms with E-state index in [2.05, 4.69) is 0 Å². The molecule has 1 aromatic rings. The molecule has 21 heavy (non-hydrogen) atoms. The number of ether oxygens (including phenoxy) is 1. The monoisotopic (exact) mass is 293 g/mol. The molecule has 0 aliphatic rings. The molecule has 1 N–H and O–H groups in total. The second-order valence-corrected chi connectivity index (χ2v) is 5.21. The number of carbonyl (C=O) groups excluding carboxylic acids is 1. The highest BCUT2D eigenvalue weighted by atomic mass is 16.5. The Labute approximate surface area is 125 Å². The van der Waals surface area contributed by atoms with Crippen molar-refractivity contribution < 1.29 is 19.4 Å². The normalized spacial score (nSPS) is 12.2. The molecule has 0 bridgehead atoms. The first-order valence-electron chi connectivity index (χ1n) is 7.09. The molecule has 0 fully saturated rings. The zero-order valence-corrected chi connectivity index (χ0v) is 12.8. The van der Waals surface area contributed by atoms with Crippen molar-refractivity contribution in [3.05, 3.63) is 35.9 Å². The molecule has 0 radical (unpaired) electrons. The Morgan fingerprint density at radius 3 is 2.33 bits per heavy atom. The maximum atomic E-state index is 12.3. The van der Waals surface area contributed by atoms with E-state index < -0.39 is 12.1 Å².